The van der Waals surface area contributed by atoms with Crippen LogP contribution in [0.3, 0.4) is 0 Å². The van der Waals surface area contributed by atoms with Crippen molar-refractivity contribution in [3.05, 3.63) is 82.0 Å². The van der Waals surface area contributed by atoms with E-state index in [-0.39, 0.29) is 23.1 Å². The molecule has 2 aromatic carbocycles. The van der Waals surface area contributed by atoms with Gasteiger partial charge in [0.1, 0.15) is 0 Å². The van der Waals surface area contributed by atoms with E-state index in [0.717, 1.165) is 18.8 Å². The van der Waals surface area contributed by atoms with Crippen LogP contribution in [0.15, 0.2) is 36.4 Å². The molecule has 4 heteroatoms. The topological polar surface area (TPSA) is 0 Å². The van der Waals surface area contributed by atoms with E-state index < -0.39 is 23.3 Å². The van der Waals surface area contributed by atoms with Gasteiger partial charge in [-0.3, -0.25) is 0 Å². The van der Waals surface area contributed by atoms with Crippen LogP contribution in [0.5, 0.6) is 0 Å². The summed E-state index contributed by atoms with van der Waals surface area (Å²) in [6.45, 7) is 5.84. The third-order valence-electron chi connectivity index (χ3n) is 7.52. The number of unbranched alkanes of at least 4 members (excludes halogenated alkanes) is 2. The Balaban J connectivity index is 1.50. The van der Waals surface area contributed by atoms with Gasteiger partial charge >= 0.3 is 0 Å². The van der Waals surface area contributed by atoms with Crippen molar-refractivity contribution in [3.8, 4) is 11.1 Å². The average molecular weight is 471 g/mol. The number of halogens is 4. The van der Waals surface area contributed by atoms with E-state index in [9.17, 15) is 13.2 Å². The molecule has 182 valence electrons. The Morgan fingerprint density at radius 2 is 1.53 bits per heavy atom. The molecule has 34 heavy (non-hydrogen) atoms. The molecule has 2 aliphatic rings. The van der Waals surface area contributed by atoms with Gasteiger partial charge in [-0.05, 0) is 79.5 Å². The summed E-state index contributed by atoms with van der Waals surface area (Å²) in [7, 11) is 0. The van der Waals surface area contributed by atoms with Crippen molar-refractivity contribution in [2.45, 2.75) is 84.0 Å². The van der Waals surface area contributed by atoms with Crippen LogP contribution in [0.25, 0.3) is 11.1 Å². The highest BCUT2D eigenvalue weighted by Crippen LogP contribution is 2.43. The lowest BCUT2D eigenvalue weighted by molar-refractivity contribution is 0.413. The molecule has 0 radical (unpaired) electrons. The molecule has 0 nitrogen and oxygen atoms in total. The molecule has 0 heterocycles. The molecule has 2 aliphatic carbocycles. The Bertz CT molecular complexity index is 1100. The minimum Gasteiger partial charge on any atom is -0.203 e. The van der Waals surface area contributed by atoms with Gasteiger partial charge in [0.15, 0.2) is 23.3 Å². The first-order valence-corrected chi connectivity index (χ1v) is 12.7. The number of fused-ring (bicyclic) bond motifs is 3. The van der Waals surface area contributed by atoms with Crippen molar-refractivity contribution in [2.24, 2.45) is 5.92 Å². The number of hydrogen-bond donors (Lipinski definition) is 0. The first-order chi connectivity index (χ1) is 16.4. The summed E-state index contributed by atoms with van der Waals surface area (Å²) in [4.78, 5) is 0. The summed E-state index contributed by atoms with van der Waals surface area (Å²) < 4.78 is 59.6. The molecular formula is C30H34F4. The van der Waals surface area contributed by atoms with Gasteiger partial charge in [0.05, 0.1) is 0 Å². The van der Waals surface area contributed by atoms with Crippen LogP contribution < -0.4 is 0 Å². The van der Waals surface area contributed by atoms with Gasteiger partial charge in [-0.15, -0.1) is 6.58 Å². The quantitative estimate of drug-likeness (QED) is 0.157. The second kappa shape index (κ2) is 10.9. The van der Waals surface area contributed by atoms with Crippen LogP contribution >= 0.6 is 0 Å². The summed E-state index contributed by atoms with van der Waals surface area (Å²) in [5, 5.41) is 0. The van der Waals surface area contributed by atoms with Crippen LogP contribution in [0.1, 0.15) is 87.0 Å². The van der Waals surface area contributed by atoms with Gasteiger partial charge in [0.2, 0.25) is 0 Å². The second-order valence-electron chi connectivity index (χ2n) is 9.90. The molecule has 0 saturated carbocycles. The Labute approximate surface area is 200 Å². The van der Waals surface area contributed by atoms with Gasteiger partial charge < -0.3 is 0 Å². The Hall–Kier alpha value is -2.36. The van der Waals surface area contributed by atoms with Crippen LogP contribution in [-0.4, -0.2) is 0 Å². The fourth-order valence-electron chi connectivity index (χ4n) is 5.53. The maximum absolute atomic E-state index is 15.1. The van der Waals surface area contributed by atoms with Gasteiger partial charge in [-0.2, -0.15) is 0 Å². The van der Waals surface area contributed by atoms with Crippen LogP contribution in [-0.2, 0) is 19.3 Å². The van der Waals surface area contributed by atoms with E-state index in [1.165, 1.54) is 37.7 Å². The highest BCUT2D eigenvalue weighted by molar-refractivity contribution is 5.79. The standard InChI is InChI=1S/C30H34F4/c1-3-5-7-8-19-10-12-20(13-11-19)14-15-22-17-24-18-23-16-21(9-6-4-2)27(31)29(33)25(23)26(24)30(34)28(22)32/h4,12,16-17,19H,2-3,5-11,13-15,18H2,1H3. The van der Waals surface area contributed by atoms with Crippen LogP contribution in [0, 0.1) is 29.2 Å². The zero-order valence-corrected chi connectivity index (χ0v) is 20.1. The summed E-state index contributed by atoms with van der Waals surface area (Å²) in [6, 6.07) is 3.25. The number of benzene rings is 2. The van der Waals surface area contributed by atoms with E-state index in [2.05, 4.69) is 19.6 Å². The van der Waals surface area contributed by atoms with Gasteiger partial charge in [-0.25, -0.2) is 17.6 Å². The molecule has 0 bridgehead atoms. The molecule has 0 amide bonds. The van der Waals surface area contributed by atoms with E-state index in [4.69, 9.17) is 0 Å². The zero-order chi connectivity index (χ0) is 24.2. The zero-order valence-electron chi connectivity index (χ0n) is 20.1. The molecular weight excluding hydrogens is 436 g/mol. The first kappa shape index (κ1) is 24.8. The molecule has 4 rings (SSSR count). The smallest absolute Gasteiger partial charge is 0.167 e. The first-order valence-electron chi connectivity index (χ1n) is 12.7. The molecule has 0 spiro atoms. The highest BCUT2D eigenvalue weighted by Gasteiger charge is 2.31. The maximum Gasteiger partial charge on any atom is 0.167 e. The van der Waals surface area contributed by atoms with Gasteiger partial charge in [0.25, 0.3) is 0 Å². The summed E-state index contributed by atoms with van der Waals surface area (Å²) in [5.41, 5.74) is 2.71. The van der Waals surface area contributed by atoms with Gasteiger partial charge in [-0.1, -0.05) is 62.5 Å². The number of aryl methyl sites for hydroxylation is 2. The van der Waals surface area contributed by atoms with Crippen molar-refractivity contribution in [1.29, 1.82) is 0 Å². The molecule has 1 unspecified atom stereocenters. The van der Waals surface area contributed by atoms with E-state index in [1.807, 2.05) is 0 Å². The van der Waals surface area contributed by atoms with E-state index in [1.54, 1.807) is 18.2 Å². The monoisotopic (exact) mass is 470 g/mol. The summed E-state index contributed by atoms with van der Waals surface area (Å²) in [6.07, 6.45) is 14.5. The van der Waals surface area contributed by atoms with Crippen molar-refractivity contribution >= 4 is 0 Å². The lowest BCUT2D eigenvalue weighted by Gasteiger charge is -2.22. The number of allylic oxidation sites excluding steroid dienone is 3. The molecule has 2 aromatic rings. The Morgan fingerprint density at radius 3 is 2.09 bits per heavy atom. The van der Waals surface area contributed by atoms with Gasteiger partial charge in [0, 0.05) is 11.1 Å². The fraction of sp³-hybridized carbons (Fsp3) is 0.467. The van der Waals surface area contributed by atoms with Crippen molar-refractivity contribution in [2.75, 3.05) is 0 Å². The molecule has 0 fully saturated rings. The third kappa shape index (κ3) is 5.01. The average Bonchev–Trinajstić information content (AvgIpc) is 3.21. The SMILES string of the molecule is C=CCCc1cc2c(c(F)c1F)-c1c(cc(CCC3=CCC(CCCCC)CC3)c(F)c1F)C2. The Kier molecular flexibility index (Phi) is 7.95. The minimum atomic E-state index is -1.08. The van der Waals surface area contributed by atoms with Crippen LogP contribution in [0.4, 0.5) is 17.6 Å². The Morgan fingerprint density at radius 1 is 0.882 bits per heavy atom. The molecule has 0 aromatic heterocycles. The summed E-state index contributed by atoms with van der Waals surface area (Å²) >= 11 is 0. The minimum absolute atomic E-state index is 0.116. The van der Waals surface area contributed by atoms with Crippen molar-refractivity contribution < 1.29 is 17.6 Å². The second-order valence-corrected chi connectivity index (χ2v) is 9.90. The third-order valence-corrected chi connectivity index (χ3v) is 7.52. The van der Waals surface area contributed by atoms with E-state index >= 15 is 4.39 Å². The lowest BCUT2D eigenvalue weighted by Crippen LogP contribution is -2.07. The molecule has 0 aliphatic heterocycles. The normalized spacial score (nSPS) is 16.9. The maximum atomic E-state index is 15.1. The lowest BCUT2D eigenvalue weighted by atomic mass is 9.84. The predicted molar refractivity (Wildman–Crippen MR) is 131 cm³/mol. The van der Waals surface area contributed by atoms with Crippen molar-refractivity contribution in [1.82, 2.24) is 0 Å². The fourth-order valence-corrected chi connectivity index (χ4v) is 5.53. The largest absolute Gasteiger partial charge is 0.203 e. The van der Waals surface area contributed by atoms with E-state index in [0.29, 0.717) is 42.4 Å². The van der Waals surface area contributed by atoms with Crippen LogP contribution in [0.2, 0.25) is 0 Å². The predicted octanol–water partition coefficient (Wildman–Crippen LogP) is 9.17. The highest BCUT2D eigenvalue weighted by atomic mass is 19.2. The molecule has 0 saturated heterocycles. The molecule has 1 atom stereocenters. The van der Waals surface area contributed by atoms with Crippen molar-refractivity contribution in [3.63, 3.8) is 0 Å². The number of rotatable bonds is 10. The number of hydrogen-bond acceptors (Lipinski definition) is 0. The summed E-state index contributed by atoms with van der Waals surface area (Å²) in [5.74, 6) is -3.31. The molecule has 0 N–H and O–H groups in total.